The van der Waals surface area contributed by atoms with E-state index in [0.717, 1.165) is 11.3 Å². The van der Waals surface area contributed by atoms with Crippen LogP contribution in [0.3, 0.4) is 0 Å². The van der Waals surface area contributed by atoms with Crippen LogP contribution in [0.1, 0.15) is 43.0 Å². The number of aryl methyl sites for hydroxylation is 1. The lowest BCUT2D eigenvalue weighted by Crippen LogP contribution is -2.48. The molecule has 2 amide bonds. The molecule has 0 saturated carbocycles. The van der Waals surface area contributed by atoms with Crippen molar-refractivity contribution in [2.45, 2.75) is 32.9 Å². The molecule has 0 radical (unpaired) electrons. The average molecular weight is 428 g/mol. The average Bonchev–Trinajstić information content (AvgIpc) is 3.19. The summed E-state index contributed by atoms with van der Waals surface area (Å²) in [6.07, 6.45) is 0. The zero-order valence-corrected chi connectivity index (χ0v) is 18.5. The van der Waals surface area contributed by atoms with Gasteiger partial charge in [0, 0.05) is 18.3 Å². The van der Waals surface area contributed by atoms with E-state index in [9.17, 15) is 9.59 Å². The molecule has 0 saturated heterocycles. The third-order valence-corrected chi connectivity index (χ3v) is 5.36. The predicted molar refractivity (Wildman–Crippen MR) is 116 cm³/mol. The number of hydrogen-bond acceptors (Lipinski definition) is 6. The largest absolute Gasteiger partial charge is 0.497 e. The normalized spacial score (nSPS) is 17.2. The lowest BCUT2D eigenvalue weighted by atomic mass is 9.99. The number of ether oxygens (including phenoxy) is 2. The summed E-state index contributed by atoms with van der Waals surface area (Å²) in [6, 6.07) is 10.3. The summed E-state index contributed by atoms with van der Waals surface area (Å²) in [4.78, 5) is 27.3. The molecule has 2 heterocycles. The van der Waals surface area contributed by atoms with Crippen LogP contribution in [0.2, 0.25) is 0 Å². The fraction of sp³-hybridized carbons (Fsp3) is 0.391. The highest BCUT2D eigenvalue weighted by Gasteiger charge is 2.36. The van der Waals surface area contributed by atoms with E-state index < -0.39 is 18.0 Å². The molecule has 0 spiro atoms. The predicted octanol–water partition coefficient (Wildman–Crippen LogP) is 3.46. The molecule has 1 aromatic carbocycles. The van der Waals surface area contributed by atoms with Crippen molar-refractivity contribution in [3.63, 3.8) is 0 Å². The Hall–Kier alpha value is -3.26. The van der Waals surface area contributed by atoms with Gasteiger partial charge in [-0.1, -0.05) is 12.1 Å². The van der Waals surface area contributed by atoms with Crippen LogP contribution in [0.4, 0.5) is 4.79 Å². The maximum absolute atomic E-state index is 12.9. The second-order valence-electron chi connectivity index (χ2n) is 7.46. The number of furan rings is 1. The van der Waals surface area contributed by atoms with Gasteiger partial charge in [-0.05, 0) is 57.6 Å². The number of carbonyl (C=O) groups is 2. The molecule has 0 fully saturated rings. The molecular weight excluding hydrogens is 398 g/mol. The third-order valence-electron chi connectivity index (χ3n) is 5.36. The SMILES string of the molecule is CCOC(=O)C1=C(CN(C)[C@H](C)c2ccc(OC)cc2)NC(=O)N[C@@H]1c1ccc(C)o1. The molecule has 2 atom stereocenters. The zero-order chi connectivity index (χ0) is 22.5. The number of hydrogen-bond donors (Lipinski definition) is 2. The lowest BCUT2D eigenvalue weighted by Gasteiger charge is -2.32. The number of nitrogens with zero attached hydrogens (tertiary/aromatic N) is 1. The van der Waals surface area contributed by atoms with E-state index in [4.69, 9.17) is 13.9 Å². The number of esters is 1. The van der Waals surface area contributed by atoms with Crippen LogP contribution in [0, 0.1) is 6.92 Å². The minimum atomic E-state index is -0.721. The van der Waals surface area contributed by atoms with Crippen molar-refractivity contribution < 1.29 is 23.5 Å². The number of amides is 2. The first kappa shape index (κ1) is 22.4. The van der Waals surface area contributed by atoms with Crippen LogP contribution >= 0.6 is 0 Å². The van der Waals surface area contributed by atoms with Gasteiger partial charge in [0.05, 0.1) is 19.3 Å². The molecule has 2 aromatic rings. The Morgan fingerprint density at radius 1 is 1.23 bits per heavy atom. The van der Waals surface area contributed by atoms with E-state index in [1.807, 2.05) is 43.1 Å². The first-order valence-electron chi connectivity index (χ1n) is 10.2. The van der Waals surface area contributed by atoms with Crippen LogP contribution in [0.5, 0.6) is 5.75 Å². The maximum atomic E-state index is 12.9. The fourth-order valence-corrected chi connectivity index (χ4v) is 3.54. The summed E-state index contributed by atoms with van der Waals surface area (Å²) in [6.45, 7) is 6.18. The molecule has 1 aliphatic heterocycles. The molecular formula is C23H29N3O5. The first-order chi connectivity index (χ1) is 14.8. The molecule has 0 aliphatic carbocycles. The maximum Gasteiger partial charge on any atom is 0.338 e. The van der Waals surface area contributed by atoms with Crippen LogP contribution in [-0.2, 0) is 9.53 Å². The standard InChI is InChI=1S/C23H29N3O5/c1-6-30-22(27)20-18(24-23(28)25-21(20)19-12-7-14(2)31-19)13-26(4)15(3)16-8-10-17(29-5)11-9-16/h7-12,15,21H,6,13H2,1-5H3,(H2,24,25,28)/t15-,21-/m1/s1. The van der Waals surface area contributed by atoms with Gasteiger partial charge in [-0.2, -0.15) is 0 Å². The van der Waals surface area contributed by atoms with E-state index in [-0.39, 0.29) is 12.6 Å². The molecule has 2 N–H and O–H groups in total. The van der Waals surface area contributed by atoms with Crippen molar-refractivity contribution in [1.29, 1.82) is 0 Å². The van der Waals surface area contributed by atoms with Crippen LogP contribution in [0.15, 0.2) is 52.1 Å². The summed E-state index contributed by atoms with van der Waals surface area (Å²) in [5, 5.41) is 5.57. The number of likely N-dealkylation sites (N-methyl/N-ethyl adjacent to an activating group) is 1. The van der Waals surface area contributed by atoms with Gasteiger partial charge >= 0.3 is 12.0 Å². The highest BCUT2D eigenvalue weighted by Crippen LogP contribution is 2.30. The Bertz CT molecular complexity index is 964. The van der Waals surface area contributed by atoms with Crippen LogP contribution in [-0.4, -0.2) is 44.2 Å². The first-order valence-corrected chi connectivity index (χ1v) is 10.2. The second kappa shape index (κ2) is 9.70. The number of urea groups is 1. The lowest BCUT2D eigenvalue weighted by molar-refractivity contribution is -0.139. The van der Waals surface area contributed by atoms with E-state index in [1.165, 1.54) is 0 Å². The van der Waals surface area contributed by atoms with Crippen LogP contribution < -0.4 is 15.4 Å². The van der Waals surface area contributed by atoms with E-state index in [1.54, 1.807) is 26.2 Å². The third kappa shape index (κ3) is 5.08. The Balaban J connectivity index is 1.92. The molecule has 8 nitrogen and oxygen atoms in total. The van der Waals surface area contributed by atoms with Gasteiger partial charge in [-0.25, -0.2) is 9.59 Å². The van der Waals surface area contributed by atoms with Gasteiger partial charge in [-0.15, -0.1) is 0 Å². The summed E-state index contributed by atoms with van der Waals surface area (Å²) in [7, 11) is 3.57. The minimum absolute atomic E-state index is 0.0259. The molecule has 1 aliphatic rings. The summed E-state index contributed by atoms with van der Waals surface area (Å²) < 4.78 is 16.2. The monoisotopic (exact) mass is 427 g/mol. The quantitative estimate of drug-likeness (QED) is 0.627. The van der Waals surface area contributed by atoms with Crippen molar-refractivity contribution in [3.8, 4) is 5.75 Å². The number of methoxy groups -OCH3 is 1. The van der Waals surface area contributed by atoms with E-state index >= 15 is 0 Å². The molecule has 3 rings (SSSR count). The highest BCUT2D eigenvalue weighted by molar-refractivity contribution is 5.95. The van der Waals surface area contributed by atoms with Gasteiger partial charge in [0.25, 0.3) is 0 Å². The van der Waals surface area contributed by atoms with E-state index in [0.29, 0.717) is 29.3 Å². The van der Waals surface area contributed by atoms with Gasteiger partial charge in [0.2, 0.25) is 0 Å². The Morgan fingerprint density at radius 3 is 2.52 bits per heavy atom. The summed E-state index contributed by atoms with van der Waals surface area (Å²) in [5.41, 5.74) is 1.91. The fourth-order valence-electron chi connectivity index (χ4n) is 3.54. The van der Waals surface area contributed by atoms with Crippen LogP contribution in [0.25, 0.3) is 0 Å². The van der Waals surface area contributed by atoms with E-state index in [2.05, 4.69) is 17.6 Å². The Morgan fingerprint density at radius 2 is 1.94 bits per heavy atom. The molecule has 0 bridgehead atoms. The van der Waals surface area contributed by atoms with Gasteiger partial charge in [0.15, 0.2) is 0 Å². The topological polar surface area (TPSA) is 93.0 Å². The smallest absolute Gasteiger partial charge is 0.338 e. The van der Waals surface area contributed by atoms with Crippen molar-refractivity contribution >= 4 is 12.0 Å². The Labute approximate surface area is 182 Å². The summed E-state index contributed by atoms with van der Waals surface area (Å²) in [5.74, 6) is 1.47. The van der Waals surface area contributed by atoms with Crippen molar-refractivity contribution in [2.24, 2.45) is 0 Å². The summed E-state index contributed by atoms with van der Waals surface area (Å²) >= 11 is 0. The van der Waals surface area contributed by atoms with Crippen molar-refractivity contribution in [1.82, 2.24) is 15.5 Å². The van der Waals surface area contributed by atoms with Gasteiger partial charge < -0.3 is 24.5 Å². The van der Waals surface area contributed by atoms with Gasteiger partial charge in [0.1, 0.15) is 23.3 Å². The van der Waals surface area contributed by atoms with Crippen molar-refractivity contribution in [3.05, 3.63) is 64.8 Å². The number of carbonyl (C=O) groups excluding carboxylic acids is 2. The molecule has 166 valence electrons. The van der Waals surface area contributed by atoms with Crippen molar-refractivity contribution in [2.75, 3.05) is 27.3 Å². The Kier molecular flexibility index (Phi) is 7.02. The molecule has 0 unspecified atom stereocenters. The molecule has 1 aromatic heterocycles. The number of rotatable bonds is 8. The van der Waals surface area contributed by atoms with Gasteiger partial charge in [-0.3, -0.25) is 4.90 Å². The number of nitrogens with one attached hydrogen (secondary N) is 2. The minimum Gasteiger partial charge on any atom is -0.497 e. The molecule has 31 heavy (non-hydrogen) atoms. The molecule has 8 heteroatoms. The highest BCUT2D eigenvalue weighted by atomic mass is 16.5. The number of benzene rings is 1. The zero-order valence-electron chi connectivity index (χ0n) is 18.5. The second-order valence-corrected chi connectivity index (χ2v) is 7.46.